The molecule has 2 rings (SSSR count). The number of aliphatic imine (C=N–C) groups is 1. The first-order chi connectivity index (χ1) is 11.2. The lowest BCUT2D eigenvalue weighted by Gasteiger charge is -2.14. The van der Waals surface area contributed by atoms with Crippen molar-refractivity contribution in [3.63, 3.8) is 0 Å². The summed E-state index contributed by atoms with van der Waals surface area (Å²) in [6, 6.07) is 5.68. The minimum Gasteiger partial charge on any atom is -0.493 e. The van der Waals surface area contributed by atoms with E-state index in [-0.39, 0.29) is 24.0 Å². The fourth-order valence-corrected chi connectivity index (χ4v) is 2.71. The van der Waals surface area contributed by atoms with Gasteiger partial charge in [-0.05, 0) is 26.0 Å². The van der Waals surface area contributed by atoms with E-state index in [1.54, 1.807) is 25.5 Å². The van der Waals surface area contributed by atoms with Crippen LogP contribution in [0.25, 0.3) is 0 Å². The summed E-state index contributed by atoms with van der Waals surface area (Å²) in [4.78, 5) is 9.74. The lowest BCUT2D eigenvalue weighted by molar-refractivity contribution is 0.311. The number of aromatic nitrogens is 1. The van der Waals surface area contributed by atoms with Crippen LogP contribution in [0.1, 0.15) is 16.8 Å². The molecule has 2 N–H and O–H groups in total. The third-order valence-corrected chi connectivity index (χ3v) is 3.94. The van der Waals surface area contributed by atoms with Crippen molar-refractivity contribution in [2.24, 2.45) is 4.99 Å². The maximum atomic E-state index is 5.52. The van der Waals surface area contributed by atoms with Crippen LogP contribution in [0.2, 0.25) is 0 Å². The summed E-state index contributed by atoms with van der Waals surface area (Å²) in [6.45, 7) is 5.21. The summed E-state index contributed by atoms with van der Waals surface area (Å²) in [5, 5.41) is 7.49. The van der Waals surface area contributed by atoms with Crippen molar-refractivity contribution >= 4 is 47.0 Å². The summed E-state index contributed by atoms with van der Waals surface area (Å²) >= 11 is 1.67. The van der Waals surface area contributed by atoms with E-state index in [1.165, 1.54) is 4.88 Å². The van der Waals surface area contributed by atoms with Gasteiger partial charge in [-0.2, -0.15) is 0 Å². The van der Waals surface area contributed by atoms with Crippen LogP contribution in [0.3, 0.4) is 0 Å². The van der Waals surface area contributed by atoms with Gasteiger partial charge in [0.2, 0.25) is 0 Å². The van der Waals surface area contributed by atoms with Crippen LogP contribution in [0.4, 0.5) is 5.69 Å². The van der Waals surface area contributed by atoms with Crippen LogP contribution < -0.4 is 20.1 Å². The minimum absolute atomic E-state index is 0. The van der Waals surface area contributed by atoms with Gasteiger partial charge in [-0.15, -0.1) is 35.3 Å². The molecule has 1 aromatic carbocycles. The molecule has 0 aliphatic rings. The molecular weight excluding hydrogens is 439 g/mol. The van der Waals surface area contributed by atoms with Gasteiger partial charge in [0.1, 0.15) is 5.01 Å². The number of methoxy groups -OCH3 is 1. The van der Waals surface area contributed by atoms with Crippen LogP contribution >= 0.6 is 35.3 Å². The zero-order valence-corrected chi connectivity index (χ0v) is 17.4. The third kappa shape index (κ3) is 5.82. The van der Waals surface area contributed by atoms with Crippen LogP contribution in [-0.4, -0.2) is 31.7 Å². The number of ether oxygens (including phenoxy) is 2. The fraction of sp³-hybridized carbons (Fsp3) is 0.375. The fourth-order valence-electron chi connectivity index (χ4n) is 1.98. The highest BCUT2D eigenvalue weighted by molar-refractivity contribution is 14.0. The molecule has 0 unspecified atom stereocenters. The van der Waals surface area contributed by atoms with Gasteiger partial charge < -0.3 is 20.1 Å². The Balaban J connectivity index is 0.00000288. The van der Waals surface area contributed by atoms with Gasteiger partial charge in [0.15, 0.2) is 17.5 Å². The quantitative estimate of drug-likeness (QED) is 0.390. The SMILES string of the molecule is CCOc1ccc(NC(=NC)NCc2ncc(C)s2)cc1OC.I. The van der Waals surface area contributed by atoms with E-state index < -0.39 is 0 Å². The van der Waals surface area contributed by atoms with Gasteiger partial charge in [-0.3, -0.25) is 4.99 Å². The zero-order valence-electron chi connectivity index (χ0n) is 14.3. The number of thiazole rings is 1. The molecule has 0 fully saturated rings. The number of aryl methyl sites for hydroxylation is 1. The van der Waals surface area contributed by atoms with E-state index in [1.807, 2.05) is 38.2 Å². The van der Waals surface area contributed by atoms with E-state index in [2.05, 4.69) is 20.6 Å². The lowest BCUT2D eigenvalue weighted by Crippen LogP contribution is -2.30. The normalized spacial score (nSPS) is 10.8. The van der Waals surface area contributed by atoms with Crippen LogP contribution in [0.5, 0.6) is 11.5 Å². The Bertz CT molecular complexity index is 676. The molecule has 0 aliphatic carbocycles. The molecule has 8 heteroatoms. The summed E-state index contributed by atoms with van der Waals surface area (Å²) < 4.78 is 10.9. The molecule has 1 heterocycles. The van der Waals surface area contributed by atoms with E-state index in [0.29, 0.717) is 24.9 Å². The van der Waals surface area contributed by atoms with Crippen LogP contribution in [0.15, 0.2) is 29.4 Å². The Hall–Kier alpha value is -1.55. The molecule has 0 bridgehead atoms. The number of anilines is 1. The summed E-state index contributed by atoms with van der Waals surface area (Å²) in [5.41, 5.74) is 0.869. The van der Waals surface area contributed by atoms with Crippen molar-refractivity contribution in [1.29, 1.82) is 0 Å². The zero-order chi connectivity index (χ0) is 16.7. The lowest BCUT2D eigenvalue weighted by atomic mass is 10.2. The Morgan fingerprint density at radius 2 is 2.12 bits per heavy atom. The molecule has 0 amide bonds. The molecule has 0 aliphatic heterocycles. The van der Waals surface area contributed by atoms with Crippen molar-refractivity contribution in [2.45, 2.75) is 20.4 Å². The first-order valence-electron chi connectivity index (χ1n) is 7.36. The van der Waals surface area contributed by atoms with E-state index in [9.17, 15) is 0 Å². The van der Waals surface area contributed by atoms with Crippen molar-refractivity contribution < 1.29 is 9.47 Å². The number of guanidine groups is 1. The second-order valence-corrected chi connectivity index (χ2v) is 6.03. The van der Waals surface area contributed by atoms with Crippen molar-refractivity contribution in [1.82, 2.24) is 10.3 Å². The van der Waals surface area contributed by atoms with E-state index in [4.69, 9.17) is 9.47 Å². The molecule has 0 atom stereocenters. The average molecular weight is 462 g/mol. The molecule has 24 heavy (non-hydrogen) atoms. The van der Waals surface area contributed by atoms with Crippen molar-refractivity contribution in [2.75, 3.05) is 26.1 Å². The Kier molecular flexibility index (Phi) is 8.83. The molecule has 1 aromatic heterocycles. The highest BCUT2D eigenvalue weighted by atomic mass is 127. The highest BCUT2D eigenvalue weighted by Gasteiger charge is 2.07. The van der Waals surface area contributed by atoms with Gasteiger partial charge in [0.05, 0.1) is 20.3 Å². The van der Waals surface area contributed by atoms with E-state index >= 15 is 0 Å². The molecule has 0 spiro atoms. The number of nitrogens with zero attached hydrogens (tertiary/aromatic N) is 2. The number of rotatable bonds is 6. The Labute approximate surface area is 163 Å². The van der Waals surface area contributed by atoms with Gasteiger partial charge in [-0.1, -0.05) is 0 Å². The van der Waals surface area contributed by atoms with Crippen molar-refractivity contribution in [3.05, 3.63) is 34.3 Å². The smallest absolute Gasteiger partial charge is 0.195 e. The van der Waals surface area contributed by atoms with E-state index in [0.717, 1.165) is 16.4 Å². The number of hydrogen-bond acceptors (Lipinski definition) is 5. The Morgan fingerprint density at radius 1 is 1.33 bits per heavy atom. The maximum Gasteiger partial charge on any atom is 0.195 e. The Morgan fingerprint density at radius 3 is 2.71 bits per heavy atom. The number of hydrogen-bond donors (Lipinski definition) is 2. The predicted octanol–water partition coefficient (Wildman–Crippen LogP) is 3.66. The molecule has 0 saturated heterocycles. The second-order valence-electron chi connectivity index (χ2n) is 4.71. The molecule has 2 aromatic rings. The standard InChI is InChI=1S/C16H22N4O2S.HI/c1-5-22-13-7-6-12(8-14(13)21-4)20-16(17-3)19-10-15-18-9-11(2)23-15;/h6-9H,5,10H2,1-4H3,(H2,17,19,20);1H. The van der Waals surface area contributed by atoms with Crippen molar-refractivity contribution in [3.8, 4) is 11.5 Å². The van der Waals surface area contributed by atoms with Gasteiger partial charge in [0.25, 0.3) is 0 Å². The summed E-state index contributed by atoms with van der Waals surface area (Å²) in [6.07, 6.45) is 1.87. The minimum atomic E-state index is 0. The summed E-state index contributed by atoms with van der Waals surface area (Å²) in [7, 11) is 3.35. The molecule has 0 saturated carbocycles. The molecular formula is C16H23IN4O2S. The third-order valence-electron chi connectivity index (χ3n) is 3.03. The molecule has 132 valence electrons. The average Bonchev–Trinajstić information content (AvgIpc) is 2.98. The second kappa shape index (κ2) is 10.3. The monoisotopic (exact) mass is 462 g/mol. The largest absolute Gasteiger partial charge is 0.493 e. The number of nitrogens with one attached hydrogen (secondary N) is 2. The maximum absolute atomic E-state index is 5.52. The van der Waals surface area contributed by atoms with Gasteiger partial charge >= 0.3 is 0 Å². The van der Waals surface area contributed by atoms with Crippen LogP contribution in [0, 0.1) is 6.92 Å². The van der Waals surface area contributed by atoms with Gasteiger partial charge in [0, 0.05) is 29.9 Å². The molecule has 6 nitrogen and oxygen atoms in total. The topological polar surface area (TPSA) is 67.8 Å². The predicted molar refractivity (Wildman–Crippen MR) is 110 cm³/mol. The first-order valence-corrected chi connectivity index (χ1v) is 8.17. The van der Waals surface area contributed by atoms with Gasteiger partial charge in [-0.25, -0.2) is 4.98 Å². The summed E-state index contributed by atoms with van der Waals surface area (Å²) in [5.74, 6) is 2.08. The molecule has 0 radical (unpaired) electrons. The van der Waals surface area contributed by atoms with Crippen LogP contribution in [-0.2, 0) is 6.54 Å². The number of benzene rings is 1. The highest BCUT2D eigenvalue weighted by Crippen LogP contribution is 2.30. The first kappa shape index (κ1) is 20.5. The number of halogens is 1.